The first kappa shape index (κ1) is 19.2. The van der Waals surface area contributed by atoms with Gasteiger partial charge in [-0.15, -0.1) is 27.8 Å². The largest absolute Gasteiger partial charge is 0.463 e. The van der Waals surface area contributed by atoms with Gasteiger partial charge < -0.3 is 19.8 Å². The molecule has 0 spiro atoms. The summed E-state index contributed by atoms with van der Waals surface area (Å²) >= 11 is 2.78. The standard InChI is InChI=1S/C18H16N4O5S2/c1-2-26-16(23)13-10(19-17(24)20-14(13)11-5-3-7-28-11)9-22-18(25)27-15(21-22)12-6-4-8-29-12/h3-8,14H,2,9H2,1H3,(H2,19,20,24)/t14-/m0/s1. The van der Waals surface area contributed by atoms with Gasteiger partial charge in [-0.1, -0.05) is 12.1 Å². The molecule has 9 nitrogen and oxygen atoms in total. The van der Waals surface area contributed by atoms with Crippen LogP contribution in [-0.2, 0) is 16.1 Å². The Bertz CT molecular complexity index is 1110. The van der Waals surface area contributed by atoms with E-state index < -0.39 is 23.8 Å². The SMILES string of the molecule is CCOC(=O)C1=C(Cn2nc(-c3cccs3)oc2=O)NC(=O)N[C@H]1c1cccs1. The van der Waals surface area contributed by atoms with Crippen LogP contribution in [0.25, 0.3) is 10.8 Å². The van der Waals surface area contributed by atoms with E-state index in [9.17, 15) is 14.4 Å². The highest BCUT2D eigenvalue weighted by atomic mass is 32.1. The van der Waals surface area contributed by atoms with Gasteiger partial charge in [-0.3, -0.25) is 0 Å². The molecule has 1 atom stereocenters. The lowest BCUT2D eigenvalue weighted by Crippen LogP contribution is -2.47. The Morgan fingerprint density at radius 2 is 2.07 bits per heavy atom. The lowest BCUT2D eigenvalue weighted by atomic mass is 10.0. The fraction of sp³-hybridized carbons (Fsp3) is 0.222. The number of ether oxygens (including phenoxy) is 1. The molecule has 11 heteroatoms. The van der Waals surface area contributed by atoms with Gasteiger partial charge in [0.2, 0.25) is 0 Å². The third-order valence-electron chi connectivity index (χ3n) is 4.12. The summed E-state index contributed by atoms with van der Waals surface area (Å²) in [5.74, 6) is -1.09. The molecule has 0 saturated heterocycles. The number of allylic oxidation sites excluding steroid dienone is 1. The second-order valence-corrected chi connectivity index (χ2v) is 7.89. The van der Waals surface area contributed by atoms with E-state index in [2.05, 4.69) is 15.7 Å². The van der Waals surface area contributed by atoms with Crippen molar-refractivity contribution in [1.29, 1.82) is 0 Å². The Morgan fingerprint density at radius 1 is 1.28 bits per heavy atom. The molecular formula is C18H16N4O5S2. The molecule has 0 aromatic carbocycles. The van der Waals surface area contributed by atoms with Crippen LogP contribution < -0.4 is 16.4 Å². The molecule has 0 radical (unpaired) electrons. The molecule has 4 rings (SSSR count). The summed E-state index contributed by atoms with van der Waals surface area (Å²) in [6, 6.07) is 6.07. The van der Waals surface area contributed by atoms with Gasteiger partial charge in [0.25, 0.3) is 5.89 Å². The highest BCUT2D eigenvalue weighted by molar-refractivity contribution is 7.13. The zero-order valence-electron chi connectivity index (χ0n) is 15.2. The van der Waals surface area contributed by atoms with Crippen molar-refractivity contribution in [2.24, 2.45) is 0 Å². The molecule has 0 saturated carbocycles. The summed E-state index contributed by atoms with van der Waals surface area (Å²) in [6.07, 6.45) is 0. The fourth-order valence-electron chi connectivity index (χ4n) is 2.92. The topological polar surface area (TPSA) is 115 Å². The minimum Gasteiger partial charge on any atom is -0.463 e. The van der Waals surface area contributed by atoms with Crippen LogP contribution in [0, 0.1) is 0 Å². The molecule has 0 unspecified atom stereocenters. The van der Waals surface area contributed by atoms with Crippen molar-refractivity contribution in [3.63, 3.8) is 0 Å². The summed E-state index contributed by atoms with van der Waals surface area (Å²) in [5, 5.41) is 13.2. The lowest BCUT2D eigenvalue weighted by Gasteiger charge is -2.28. The Balaban J connectivity index is 1.75. The zero-order chi connectivity index (χ0) is 20.4. The Labute approximate surface area is 172 Å². The van der Waals surface area contributed by atoms with E-state index in [1.54, 1.807) is 13.0 Å². The molecular weight excluding hydrogens is 416 g/mol. The van der Waals surface area contributed by atoms with E-state index in [1.165, 1.54) is 22.7 Å². The number of hydrogen-bond donors (Lipinski definition) is 2. The van der Waals surface area contributed by atoms with Crippen LogP contribution in [0.2, 0.25) is 0 Å². The molecule has 29 heavy (non-hydrogen) atoms. The first-order chi connectivity index (χ1) is 14.1. The van der Waals surface area contributed by atoms with Crippen molar-refractivity contribution < 1.29 is 18.7 Å². The maximum absolute atomic E-state index is 12.7. The molecule has 3 aromatic heterocycles. The summed E-state index contributed by atoms with van der Waals surface area (Å²) < 4.78 is 11.5. The first-order valence-corrected chi connectivity index (χ1v) is 10.5. The number of esters is 1. The number of urea groups is 1. The zero-order valence-corrected chi connectivity index (χ0v) is 16.8. The predicted molar refractivity (Wildman–Crippen MR) is 106 cm³/mol. The van der Waals surface area contributed by atoms with Gasteiger partial charge in [0.15, 0.2) is 0 Å². The van der Waals surface area contributed by atoms with Crippen LogP contribution in [0.5, 0.6) is 0 Å². The van der Waals surface area contributed by atoms with Crippen molar-refractivity contribution in [2.45, 2.75) is 19.5 Å². The third-order valence-corrected chi connectivity index (χ3v) is 5.92. The Morgan fingerprint density at radius 3 is 2.76 bits per heavy atom. The quantitative estimate of drug-likeness (QED) is 0.578. The molecule has 2 amide bonds. The molecule has 3 aromatic rings. The van der Waals surface area contributed by atoms with Crippen LogP contribution in [0.15, 0.2) is 55.5 Å². The van der Waals surface area contributed by atoms with Crippen molar-refractivity contribution in [3.05, 3.63) is 61.7 Å². The van der Waals surface area contributed by atoms with Crippen molar-refractivity contribution in [2.75, 3.05) is 6.61 Å². The van der Waals surface area contributed by atoms with Crippen molar-refractivity contribution in [1.82, 2.24) is 20.4 Å². The van der Waals surface area contributed by atoms with Crippen LogP contribution >= 0.6 is 22.7 Å². The van der Waals surface area contributed by atoms with Gasteiger partial charge >= 0.3 is 17.8 Å². The normalized spacial score (nSPS) is 16.4. The van der Waals surface area contributed by atoms with Crippen LogP contribution in [-0.4, -0.2) is 28.4 Å². The number of amides is 2. The molecule has 2 N–H and O–H groups in total. The van der Waals surface area contributed by atoms with Gasteiger partial charge in [0, 0.05) is 4.88 Å². The van der Waals surface area contributed by atoms with Gasteiger partial charge in [0.1, 0.15) is 0 Å². The number of thiophene rings is 2. The van der Waals surface area contributed by atoms with E-state index in [0.717, 1.165) is 9.56 Å². The summed E-state index contributed by atoms with van der Waals surface area (Å²) in [5.41, 5.74) is 0.459. The minimum atomic E-state index is -0.690. The molecule has 1 aliphatic heterocycles. The number of carbonyl (C=O) groups excluding carboxylic acids is 2. The number of nitrogens with zero attached hydrogens (tertiary/aromatic N) is 2. The second-order valence-electron chi connectivity index (χ2n) is 5.97. The van der Waals surface area contributed by atoms with Gasteiger partial charge in [-0.25, -0.2) is 14.4 Å². The molecule has 0 bridgehead atoms. The average molecular weight is 432 g/mol. The first-order valence-electron chi connectivity index (χ1n) is 8.69. The monoisotopic (exact) mass is 432 g/mol. The summed E-state index contributed by atoms with van der Waals surface area (Å²) in [7, 11) is 0. The van der Waals surface area contributed by atoms with E-state index in [1.807, 2.05) is 29.0 Å². The number of rotatable bonds is 6. The summed E-state index contributed by atoms with van der Waals surface area (Å²) in [4.78, 5) is 38.7. The Kier molecular flexibility index (Phi) is 5.32. The molecule has 0 fully saturated rings. The maximum Gasteiger partial charge on any atom is 0.437 e. The second kappa shape index (κ2) is 8.05. The van der Waals surface area contributed by atoms with Gasteiger partial charge in [-0.2, -0.15) is 4.68 Å². The number of aromatic nitrogens is 2. The number of nitrogens with one attached hydrogen (secondary N) is 2. The maximum atomic E-state index is 12.7. The van der Waals surface area contributed by atoms with Gasteiger partial charge in [-0.05, 0) is 29.8 Å². The smallest absolute Gasteiger partial charge is 0.437 e. The molecule has 0 aliphatic carbocycles. The van der Waals surface area contributed by atoms with E-state index in [0.29, 0.717) is 4.88 Å². The van der Waals surface area contributed by atoms with Crippen LogP contribution in [0.1, 0.15) is 17.8 Å². The van der Waals surface area contributed by atoms with Crippen LogP contribution in [0.4, 0.5) is 4.79 Å². The number of carbonyl (C=O) groups is 2. The van der Waals surface area contributed by atoms with E-state index >= 15 is 0 Å². The minimum absolute atomic E-state index is 0.142. The van der Waals surface area contributed by atoms with Gasteiger partial charge in [0.05, 0.1) is 35.3 Å². The predicted octanol–water partition coefficient (Wildman–Crippen LogP) is 2.50. The van der Waals surface area contributed by atoms with Crippen molar-refractivity contribution in [3.8, 4) is 10.8 Å². The molecule has 1 aliphatic rings. The van der Waals surface area contributed by atoms with E-state index in [-0.39, 0.29) is 30.3 Å². The van der Waals surface area contributed by atoms with Crippen molar-refractivity contribution >= 4 is 34.7 Å². The average Bonchev–Trinajstić information content (AvgIpc) is 3.44. The van der Waals surface area contributed by atoms with Crippen LogP contribution in [0.3, 0.4) is 0 Å². The highest BCUT2D eigenvalue weighted by Crippen LogP contribution is 2.31. The molecule has 150 valence electrons. The Hall–Kier alpha value is -3.18. The lowest BCUT2D eigenvalue weighted by molar-refractivity contribution is -0.139. The fourth-order valence-corrected chi connectivity index (χ4v) is 4.35. The molecule has 4 heterocycles. The summed E-state index contributed by atoms with van der Waals surface area (Å²) in [6.45, 7) is 1.73. The number of hydrogen-bond acceptors (Lipinski definition) is 8. The third kappa shape index (κ3) is 3.87. The highest BCUT2D eigenvalue weighted by Gasteiger charge is 2.34. The van der Waals surface area contributed by atoms with E-state index in [4.69, 9.17) is 9.15 Å².